The van der Waals surface area contributed by atoms with E-state index < -0.39 is 10.0 Å². The van der Waals surface area contributed by atoms with Crippen LogP contribution in [-0.2, 0) is 16.4 Å². The summed E-state index contributed by atoms with van der Waals surface area (Å²) in [5.74, 6) is -0.147. The highest BCUT2D eigenvalue weighted by atomic mass is 32.2. The van der Waals surface area contributed by atoms with Crippen LogP contribution >= 0.6 is 22.7 Å². The lowest BCUT2D eigenvalue weighted by Crippen LogP contribution is -2.39. The molecule has 28 heavy (non-hydrogen) atoms. The molecule has 146 valence electrons. The summed E-state index contributed by atoms with van der Waals surface area (Å²) in [6.45, 7) is 0.611. The molecular formula is C20H20N2O3S3. The summed E-state index contributed by atoms with van der Waals surface area (Å²) in [5, 5.41) is 4.09. The van der Waals surface area contributed by atoms with E-state index in [2.05, 4.69) is 17.5 Å². The average Bonchev–Trinajstić information content (AvgIpc) is 3.38. The number of hydrogen-bond donors (Lipinski definition) is 0. The minimum absolute atomic E-state index is 0.128. The van der Waals surface area contributed by atoms with Gasteiger partial charge in [-0.05, 0) is 53.1 Å². The van der Waals surface area contributed by atoms with Crippen LogP contribution in [0.3, 0.4) is 0 Å². The van der Waals surface area contributed by atoms with Crippen molar-refractivity contribution < 1.29 is 13.2 Å². The van der Waals surface area contributed by atoms with Crippen molar-refractivity contribution in [3.63, 3.8) is 0 Å². The molecule has 0 radical (unpaired) electrons. The van der Waals surface area contributed by atoms with Gasteiger partial charge in [0.2, 0.25) is 10.0 Å². The molecule has 3 heterocycles. The molecule has 0 spiro atoms. The molecule has 0 saturated carbocycles. The summed E-state index contributed by atoms with van der Waals surface area (Å²) in [5.41, 5.74) is 1.56. The molecule has 1 aromatic carbocycles. The van der Waals surface area contributed by atoms with Crippen molar-refractivity contribution in [3.8, 4) is 0 Å². The number of rotatable bonds is 4. The molecule has 1 aliphatic rings. The fourth-order valence-electron chi connectivity index (χ4n) is 3.46. The smallest absolute Gasteiger partial charge is 0.254 e. The number of fused-ring (bicyclic) bond motifs is 1. The fraction of sp³-hybridized carbons (Fsp3) is 0.250. The molecule has 5 nitrogen and oxygen atoms in total. The topological polar surface area (TPSA) is 57.7 Å². The first-order valence-electron chi connectivity index (χ1n) is 8.83. The molecular weight excluding hydrogens is 412 g/mol. The maximum absolute atomic E-state index is 13.4. The first-order chi connectivity index (χ1) is 13.4. The van der Waals surface area contributed by atoms with Gasteiger partial charge in [0.25, 0.3) is 5.91 Å². The first-order valence-corrected chi connectivity index (χ1v) is 12.0. The summed E-state index contributed by atoms with van der Waals surface area (Å²) >= 11 is 3.36. The Kier molecular flexibility index (Phi) is 5.13. The van der Waals surface area contributed by atoms with Gasteiger partial charge in [-0.15, -0.1) is 22.7 Å². The summed E-state index contributed by atoms with van der Waals surface area (Å²) in [6.07, 6.45) is 0.816. The maximum Gasteiger partial charge on any atom is 0.254 e. The van der Waals surface area contributed by atoms with E-state index in [9.17, 15) is 13.2 Å². The third kappa shape index (κ3) is 3.30. The Morgan fingerprint density at radius 2 is 1.93 bits per heavy atom. The number of carbonyl (C=O) groups is 1. The van der Waals surface area contributed by atoms with Crippen molar-refractivity contribution in [1.29, 1.82) is 0 Å². The van der Waals surface area contributed by atoms with E-state index in [0.717, 1.165) is 15.6 Å². The zero-order valence-corrected chi connectivity index (χ0v) is 18.0. The number of carbonyl (C=O) groups excluding carboxylic acids is 1. The van der Waals surface area contributed by atoms with E-state index in [1.165, 1.54) is 36.7 Å². The number of benzene rings is 1. The molecule has 0 N–H and O–H groups in total. The van der Waals surface area contributed by atoms with Crippen LogP contribution in [0, 0.1) is 0 Å². The largest absolute Gasteiger partial charge is 0.326 e. The zero-order valence-electron chi connectivity index (χ0n) is 15.5. The van der Waals surface area contributed by atoms with E-state index in [1.807, 2.05) is 16.3 Å². The molecule has 1 unspecified atom stereocenters. The second-order valence-electron chi connectivity index (χ2n) is 6.78. The van der Waals surface area contributed by atoms with Crippen molar-refractivity contribution in [3.05, 3.63) is 74.1 Å². The number of amides is 1. The van der Waals surface area contributed by atoms with E-state index in [-0.39, 0.29) is 16.8 Å². The van der Waals surface area contributed by atoms with Crippen molar-refractivity contribution in [1.82, 2.24) is 9.21 Å². The van der Waals surface area contributed by atoms with Gasteiger partial charge in [0.15, 0.2) is 0 Å². The van der Waals surface area contributed by atoms with E-state index in [0.29, 0.717) is 12.1 Å². The predicted molar refractivity (Wildman–Crippen MR) is 113 cm³/mol. The Morgan fingerprint density at radius 3 is 2.64 bits per heavy atom. The quantitative estimate of drug-likeness (QED) is 0.629. The van der Waals surface area contributed by atoms with Crippen LogP contribution in [0.4, 0.5) is 0 Å². The van der Waals surface area contributed by atoms with Gasteiger partial charge in [-0.3, -0.25) is 4.79 Å². The van der Waals surface area contributed by atoms with Crippen LogP contribution in [0.1, 0.15) is 31.7 Å². The zero-order chi connectivity index (χ0) is 19.9. The van der Waals surface area contributed by atoms with Crippen LogP contribution in [0.5, 0.6) is 0 Å². The van der Waals surface area contributed by atoms with Gasteiger partial charge in [-0.1, -0.05) is 12.1 Å². The molecule has 8 heteroatoms. The van der Waals surface area contributed by atoms with Gasteiger partial charge in [0.1, 0.15) is 0 Å². The fourth-order valence-corrected chi connectivity index (χ4v) is 6.16. The molecule has 3 aromatic rings. The Hall–Kier alpha value is -2.00. The van der Waals surface area contributed by atoms with E-state index in [4.69, 9.17) is 0 Å². The number of hydrogen-bond acceptors (Lipinski definition) is 5. The highest BCUT2D eigenvalue weighted by Gasteiger charge is 2.34. The van der Waals surface area contributed by atoms with Crippen LogP contribution in [-0.4, -0.2) is 44.2 Å². The van der Waals surface area contributed by atoms with E-state index in [1.54, 1.807) is 34.8 Å². The molecule has 0 saturated heterocycles. The lowest BCUT2D eigenvalue weighted by Gasteiger charge is -2.35. The SMILES string of the molecule is CN(C)S(=O)(=O)c1cccc(C(=O)N2CCc3sccc3C2c2cccs2)c1. The van der Waals surface area contributed by atoms with Gasteiger partial charge in [-0.25, -0.2) is 12.7 Å². The summed E-state index contributed by atoms with van der Waals surface area (Å²) in [6, 6.07) is 12.3. The van der Waals surface area contributed by atoms with Crippen molar-refractivity contribution >= 4 is 38.6 Å². The third-order valence-corrected chi connectivity index (χ3v) is 8.63. The molecule has 2 aromatic heterocycles. The average molecular weight is 433 g/mol. The number of thiophene rings is 2. The van der Waals surface area contributed by atoms with Gasteiger partial charge in [0.05, 0.1) is 10.9 Å². The predicted octanol–water partition coefficient (Wildman–Crippen LogP) is 3.85. The molecule has 0 fully saturated rings. The Labute approximate surface area is 172 Å². The Balaban J connectivity index is 1.74. The Morgan fingerprint density at radius 1 is 1.11 bits per heavy atom. The van der Waals surface area contributed by atoms with Gasteiger partial charge in [0, 0.05) is 36.0 Å². The first kappa shape index (κ1) is 19.3. The third-order valence-electron chi connectivity index (χ3n) is 4.90. The molecule has 0 bridgehead atoms. The minimum atomic E-state index is -3.59. The van der Waals surface area contributed by atoms with Crippen LogP contribution < -0.4 is 0 Å². The maximum atomic E-state index is 13.4. The summed E-state index contributed by atoms with van der Waals surface area (Å²) < 4.78 is 26.1. The van der Waals surface area contributed by atoms with Gasteiger partial charge >= 0.3 is 0 Å². The molecule has 4 rings (SSSR count). The minimum Gasteiger partial charge on any atom is -0.326 e. The monoisotopic (exact) mass is 432 g/mol. The lowest BCUT2D eigenvalue weighted by molar-refractivity contribution is 0.0698. The lowest BCUT2D eigenvalue weighted by atomic mass is 9.97. The molecule has 0 aliphatic carbocycles. The van der Waals surface area contributed by atoms with Crippen LogP contribution in [0.2, 0.25) is 0 Å². The highest BCUT2D eigenvalue weighted by Crippen LogP contribution is 2.40. The number of nitrogens with zero attached hydrogens (tertiary/aromatic N) is 2. The van der Waals surface area contributed by atoms with Gasteiger partial charge in [-0.2, -0.15) is 0 Å². The number of sulfonamides is 1. The summed E-state index contributed by atoms with van der Waals surface area (Å²) in [7, 11) is -0.623. The summed E-state index contributed by atoms with van der Waals surface area (Å²) in [4.78, 5) is 17.8. The van der Waals surface area contributed by atoms with Gasteiger partial charge < -0.3 is 4.90 Å². The van der Waals surface area contributed by atoms with Crippen LogP contribution in [0.15, 0.2) is 58.1 Å². The highest BCUT2D eigenvalue weighted by molar-refractivity contribution is 7.89. The normalized spacial score (nSPS) is 17.0. The molecule has 1 amide bonds. The van der Waals surface area contributed by atoms with E-state index >= 15 is 0 Å². The molecule has 1 atom stereocenters. The Bertz CT molecular complexity index is 1100. The van der Waals surface area contributed by atoms with Crippen LogP contribution in [0.25, 0.3) is 0 Å². The molecule has 1 aliphatic heterocycles. The van der Waals surface area contributed by atoms with Crippen molar-refractivity contribution in [2.45, 2.75) is 17.4 Å². The van der Waals surface area contributed by atoms with Crippen molar-refractivity contribution in [2.75, 3.05) is 20.6 Å². The second kappa shape index (κ2) is 7.44. The standard InChI is InChI=1S/C20H20N2O3S3/c1-21(2)28(24,25)15-6-3-5-14(13-15)20(23)22-10-8-17-16(9-12-27-17)19(22)18-7-4-11-26-18/h3-7,9,11-13,19H,8,10H2,1-2H3. The second-order valence-corrected chi connectivity index (χ2v) is 10.9. The van der Waals surface area contributed by atoms with Crippen molar-refractivity contribution in [2.24, 2.45) is 0 Å².